The number of carboxylic acid groups (broad SMARTS) is 1. The van der Waals surface area contributed by atoms with Gasteiger partial charge in [-0.3, -0.25) is 9.78 Å². The van der Waals surface area contributed by atoms with Crippen LogP contribution >= 0.6 is 11.3 Å². The van der Waals surface area contributed by atoms with Gasteiger partial charge in [-0.15, -0.1) is 11.3 Å². The van der Waals surface area contributed by atoms with Crippen LogP contribution in [0.25, 0.3) is 54.1 Å². The van der Waals surface area contributed by atoms with E-state index in [0.717, 1.165) is 72.5 Å². The minimum absolute atomic E-state index is 0.138. The Balaban J connectivity index is 1.52. The molecule has 0 aliphatic heterocycles. The highest BCUT2D eigenvalue weighted by atomic mass is 32.1. The van der Waals surface area contributed by atoms with Crippen molar-refractivity contribution in [1.29, 1.82) is 0 Å². The van der Waals surface area contributed by atoms with Gasteiger partial charge in [0.25, 0.3) is 0 Å². The Kier molecular flexibility index (Phi) is 8.12. The van der Waals surface area contributed by atoms with Crippen molar-refractivity contribution in [3.63, 3.8) is 0 Å². The van der Waals surface area contributed by atoms with Gasteiger partial charge >= 0.3 is 5.97 Å². The van der Waals surface area contributed by atoms with Gasteiger partial charge < -0.3 is 14.8 Å². The van der Waals surface area contributed by atoms with Crippen molar-refractivity contribution in [3.05, 3.63) is 106 Å². The Labute approximate surface area is 265 Å². The predicted octanol–water partition coefficient (Wildman–Crippen LogP) is 8.74. The number of ether oxygens (including phenoxy) is 1. The van der Waals surface area contributed by atoms with E-state index in [1.165, 1.54) is 23.0 Å². The van der Waals surface area contributed by atoms with Crippen molar-refractivity contribution in [3.8, 4) is 33.0 Å². The molecule has 6 rings (SSSR count). The van der Waals surface area contributed by atoms with Crippen LogP contribution in [0.4, 0.5) is 0 Å². The smallest absolute Gasteiger partial charge is 0.337 e. The summed E-state index contributed by atoms with van der Waals surface area (Å²) in [5.74, 6) is -1.03. The van der Waals surface area contributed by atoms with Crippen LogP contribution in [0.15, 0.2) is 83.8 Å². The molecule has 3 heterocycles. The summed E-state index contributed by atoms with van der Waals surface area (Å²) in [6.45, 7) is 9.70. The molecule has 0 radical (unpaired) electrons. The van der Waals surface area contributed by atoms with Crippen molar-refractivity contribution in [2.75, 3.05) is 0 Å². The fraction of sp³-hybridized carbons (Fsp3) is 0.243. The maximum Gasteiger partial charge on any atom is 0.337 e. The van der Waals surface area contributed by atoms with Crippen LogP contribution in [-0.4, -0.2) is 31.6 Å². The molecule has 0 amide bonds. The number of rotatable bonds is 8. The second-order valence-corrected chi connectivity index (χ2v) is 13.3. The molecule has 0 fully saturated rings. The molecule has 3 aromatic heterocycles. The molecule has 1 atom stereocenters. The number of pyridine rings is 2. The van der Waals surface area contributed by atoms with Gasteiger partial charge in [0.1, 0.15) is 5.01 Å². The van der Waals surface area contributed by atoms with Crippen LogP contribution in [-0.2, 0) is 16.0 Å². The van der Waals surface area contributed by atoms with Crippen LogP contribution in [0, 0.1) is 6.92 Å². The molecule has 7 nitrogen and oxygen atoms in total. The van der Waals surface area contributed by atoms with Crippen molar-refractivity contribution in [2.24, 2.45) is 0 Å². The number of aliphatic carboxylic acids is 1. The molecule has 0 unspecified atom stereocenters. The second kappa shape index (κ2) is 12.0. The average molecular weight is 618 g/mol. The van der Waals surface area contributed by atoms with Gasteiger partial charge in [-0.2, -0.15) is 0 Å². The summed E-state index contributed by atoms with van der Waals surface area (Å²) < 4.78 is 7.10. The molecular formula is C37H35N3O4S. The number of aryl methyl sites for hydroxylation is 2. The van der Waals surface area contributed by atoms with Crippen LogP contribution in [0.5, 0.6) is 0 Å². The summed E-state index contributed by atoms with van der Waals surface area (Å²) in [7, 11) is 0. The highest BCUT2D eigenvalue weighted by Crippen LogP contribution is 2.44. The number of carboxylic acids is 1. The first kappa shape index (κ1) is 30.4. The SMILES string of the molecule is CCCc1ccc(-c2c([C@H](OC(C)(C)C)C(=O)O)c(C)cc3nc(-c4ccnc(-c5ccc6[nH]c(=O)ccc6c5)c4)sc23)cc1. The second-order valence-electron chi connectivity index (χ2n) is 12.3. The quantitative estimate of drug-likeness (QED) is 0.177. The van der Waals surface area contributed by atoms with E-state index in [1.807, 2.05) is 64.1 Å². The van der Waals surface area contributed by atoms with Gasteiger partial charge in [-0.25, -0.2) is 9.78 Å². The predicted molar refractivity (Wildman–Crippen MR) is 182 cm³/mol. The van der Waals surface area contributed by atoms with E-state index in [-0.39, 0.29) is 5.56 Å². The zero-order valence-corrected chi connectivity index (χ0v) is 26.8. The van der Waals surface area contributed by atoms with Crippen molar-refractivity contribution in [2.45, 2.75) is 59.2 Å². The van der Waals surface area contributed by atoms with E-state index in [2.05, 4.69) is 41.2 Å². The monoisotopic (exact) mass is 617 g/mol. The lowest BCUT2D eigenvalue weighted by Crippen LogP contribution is -2.28. The number of nitrogens with one attached hydrogen (secondary N) is 1. The van der Waals surface area contributed by atoms with Crippen molar-refractivity contribution >= 4 is 38.4 Å². The third-order valence-electron chi connectivity index (χ3n) is 7.69. The zero-order chi connectivity index (χ0) is 31.9. The van der Waals surface area contributed by atoms with Crippen LogP contribution in [0.2, 0.25) is 0 Å². The highest BCUT2D eigenvalue weighted by molar-refractivity contribution is 7.22. The Hall–Kier alpha value is -4.66. The van der Waals surface area contributed by atoms with Crippen LogP contribution in [0.3, 0.4) is 0 Å². The first-order valence-electron chi connectivity index (χ1n) is 15.0. The number of nitrogens with zero attached hydrogens (tertiary/aromatic N) is 2. The summed E-state index contributed by atoms with van der Waals surface area (Å²) in [6.07, 6.45) is 2.65. The molecule has 0 saturated heterocycles. The maximum atomic E-state index is 12.7. The summed E-state index contributed by atoms with van der Waals surface area (Å²) in [4.78, 5) is 37.0. The lowest BCUT2D eigenvalue weighted by atomic mass is 9.90. The number of carbonyl (C=O) groups is 1. The van der Waals surface area contributed by atoms with Crippen LogP contribution < -0.4 is 5.56 Å². The minimum atomic E-state index is -1.15. The highest BCUT2D eigenvalue weighted by Gasteiger charge is 2.32. The number of H-pyrrole nitrogens is 1. The lowest BCUT2D eigenvalue weighted by molar-refractivity contribution is -0.160. The van der Waals surface area contributed by atoms with Crippen molar-refractivity contribution < 1.29 is 14.6 Å². The molecule has 45 heavy (non-hydrogen) atoms. The number of thiazole rings is 1. The van der Waals surface area contributed by atoms with Gasteiger partial charge in [0, 0.05) is 40.0 Å². The lowest BCUT2D eigenvalue weighted by Gasteiger charge is -2.28. The largest absolute Gasteiger partial charge is 0.479 e. The maximum absolute atomic E-state index is 12.7. The van der Waals surface area contributed by atoms with E-state index in [0.29, 0.717) is 5.56 Å². The van der Waals surface area contributed by atoms with Gasteiger partial charge in [-0.05, 0) is 92.6 Å². The topological polar surface area (TPSA) is 105 Å². The molecule has 3 aromatic carbocycles. The Morgan fingerprint density at radius 3 is 2.44 bits per heavy atom. The third-order valence-corrected chi connectivity index (χ3v) is 8.83. The van der Waals surface area contributed by atoms with E-state index in [1.54, 1.807) is 12.3 Å². The Bertz CT molecular complexity index is 2110. The number of aromatic amines is 1. The van der Waals surface area contributed by atoms with Gasteiger partial charge in [0.05, 0.1) is 21.5 Å². The van der Waals surface area contributed by atoms with Crippen LogP contribution in [0.1, 0.15) is 56.9 Å². The Morgan fingerprint density at radius 1 is 0.978 bits per heavy atom. The number of benzene rings is 3. The van der Waals surface area contributed by atoms with E-state index < -0.39 is 17.7 Å². The summed E-state index contributed by atoms with van der Waals surface area (Å²) in [6, 6.07) is 23.5. The molecular weight excluding hydrogens is 582 g/mol. The zero-order valence-electron chi connectivity index (χ0n) is 26.0. The first-order valence-corrected chi connectivity index (χ1v) is 15.9. The molecule has 0 bridgehead atoms. The van der Waals surface area contributed by atoms with Gasteiger partial charge in [0.15, 0.2) is 6.10 Å². The number of hydrogen-bond acceptors (Lipinski definition) is 6. The summed E-state index contributed by atoms with van der Waals surface area (Å²) in [5, 5.41) is 12.1. The average Bonchev–Trinajstić information content (AvgIpc) is 3.43. The summed E-state index contributed by atoms with van der Waals surface area (Å²) in [5.41, 5.74) is 7.85. The molecule has 6 aromatic rings. The fourth-order valence-corrected chi connectivity index (χ4v) is 6.83. The van der Waals surface area contributed by atoms with Crippen molar-refractivity contribution in [1.82, 2.24) is 15.0 Å². The number of fused-ring (bicyclic) bond motifs is 2. The molecule has 0 spiro atoms. The number of aromatic nitrogens is 3. The normalized spacial score (nSPS) is 12.6. The standard InChI is InChI=1S/C37H35N3O4S/c1-6-7-22-8-10-23(11-9-22)32-31(33(36(42)43)44-37(3,4)5)21(2)18-29-34(32)45-35(40-29)26-16-17-38-28(20-26)25-12-14-27-24(19-25)13-15-30(41)39-27/h8-20,33H,6-7H2,1-5H3,(H,39,41)(H,42,43)/t33-/m0/s1. The molecule has 0 saturated carbocycles. The van der Waals surface area contributed by atoms with E-state index in [4.69, 9.17) is 9.72 Å². The van der Waals surface area contributed by atoms with Gasteiger partial charge in [0.2, 0.25) is 5.56 Å². The minimum Gasteiger partial charge on any atom is -0.479 e. The first-order chi connectivity index (χ1) is 21.5. The molecule has 0 aliphatic carbocycles. The molecule has 0 aliphatic rings. The van der Waals surface area contributed by atoms with E-state index >= 15 is 0 Å². The molecule has 8 heteroatoms. The Morgan fingerprint density at radius 2 is 1.73 bits per heavy atom. The molecule has 2 N–H and O–H groups in total. The fourth-order valence-electron chi connectivity index (χ4n) is 5.71. The summed E-state index contributed by atoms with van der Waals surface area (Å²) >= 11 is 1.54. The number of hydrogen-bond donors (Lipinski definition) is 2. The van der Waals surface area contributed by atoms with Gasteiger partial charge in [-0.1, -0.05) is 43.7 Å². The third kappa shape index (κ3) is 6.30. The van der Waals surface area contributed by atoms with E-state index in [9.17, 15) is 14.7 Å². The molecule has 228 valence electrons.